The molecule has 3 aromatic rings. The van der Waals surface area contributed by atoms with Crippen LogP contribution in [-0.2, 0) is 6.42 Å². The second kappa shape index (κ2) is 4.17. The topological polar surface area (TPSA) is 45.2 Å². The number of phenols is 1. The molecule has 3 heteroatoms. The number of H-pyrrole nitrogens is 1. The van der Waals surface area contributed by atoms with Gasteiger partial charge in [0.25, 0.3) is 0 Å². The van der Waals surface area contributed by atoms with E-state index in [0.29, 0.717) is 0 Å². The van der Waals surface area contributed by atoms with E-state index in [0.717, 1.165) is 34.6 Å². The van der Waals surface area contributed by atoms with Crippen LogP contribution in [0.4, 0.5) is 0 Å². The van der Waals surface area contributed by atoms with Crippen molar-refractivity contribution in [3.63, 3.8) is 0 Å². The molecule has 0 amide bonds. The zero-order valence-corrected chi connectivity index (χ0v) is 10.8. The van der Waals surface area contributed by atoms with Crippen molar-refractivity contribution in [2.24, 2.45) is 0 Å². The molecular formula is C17H13NO2. The largest absolute Gasteiger partial charge is 0.508 e. The molecule has 0 atom stereocenters. The summed E-state index contributed by atoms with van der Waals surface area (Å²) in [5.41, 5.74) is 3.34. The third kappa shape index (κ3) is 1.75. The summed E-state index contributed by atoms with van der Waals surface area (Å²) in [6.07, 6.45) is 4.80. The molecular weight excluding hydrogens is 250 g/mol. The van der Waals surface area contributed by atoms with Gasteiger partial charge < -0.3 is 14.8 Å². The average molecular weight is 263 g/mol. The zero-order chi connectivity index (χ0) is 13.5. The van der Waals surface area contributed by atoms with E-state index in [4.69, 9.17) is 4.74 Å². The van der Waals surface area contributed by atoms with E-state index in [1.807, 2.05) is 24.4 Å². The molecule has 1 aliphatic rings. The fourth-order valence-corrected chi connectivity index (χ4v) is 2.62. The third-order valence-electron chi connectivity index (χ3n) is 3.59. The van der Waals surface area contributed by atoms with Gasteiger partial charge in [-0.05, 0) is 18.2 Å². The van der Waals surface area contributed by atoms with Gasteiger partial charge in [0.15, 0.2) is 0 Å². The minimum Gasteiger partial charge on any atom is -0.508 e. The molecule has 2 heterocycles. The highest BCUT2D eigenvalue weighted by molar-refractivity contribution is 5.89. The summed E-state index contributed by atoms with van der Waals surface area (Å²) in [5, 5.41) is 10.7. The lowest BCUT2D eigenvalue weighted by Gasteiger charge is -1.99. The lowest BCUT2D eigenvalue weighted by Crippen LogP contribution is -1.87. The number of allylic oxidation sites excluding steroid dienone is 1. The lowest BCUT2D eigenvalue weighted by atomic mass is 10.1. The molecule has 0 spiro atoms. The highest BCUT2D eigenvalue weighted by Gasteiger charge is 2.18. The lowest BCUT2D eigenvalue weighted by molar-refractivity contribution is 0.440. The Hall–Kier alpha value is -2.68. The molecule has 0 aliphatic carbocycles. The van der Waals surface area contributed by atoms with Crippen LogP contribution in [-0.4, -0.2) is 10.1 Å². The highest BCUT2D eigenvalue weighted by atomic mass is 16.5. The van der Waals surface area contributed by atoms with Crippen molar-refractivity contribution < 1.29 is 9.84 Å². The maximum atomic E-state index is 9.48. The molecule has 2 N–H and O–H groups in total. The fourth-order valence-electron chi connectivity index (χ4n) is 2.62. The minimum absolute atomic E-state index is 0.233. The van der Waals surface area contributed by atoms with Crippen molar-refractivity contribution in [2.45, 2.75) is 6.42 Å². The number of rotatable bonds is 1. The van der Waals surface area contributed by atoms with Gasteiger partial charge in [0.2, 0.25) is 0 Å². The molecule has 3 nitrogen and oxygen atoms in total. The number of para-hydroxylation sites is 1. The molecule has 1 aliphatic heterocycles. The summed E-state index contributed by atoms with van der Waals surface area (Å²) in [6, 6.07) is 13.4. The van der Waals surface area contributed by atoms with E-state index in [-0.39, 0.29) is 5.75 Å². The van der Waals surface area contributed by atoms with Crippen molar-refractivity contribution in [2.75, 3.05) is 0 Å². The van der Waals surface area contributed by atoms with Crippen LogP contribution in [0.5, 0.6) is 11.5 Å². The van der Waals surface area contributed by atoms with Crippen LogP contribution in [0.15, 0.2) is 54.4 Å². The van der Waals surface area contributed by atoms with E-state index < -0.39 is 0 Å². The first-order chi connectivity index (χ1) is 9.79. The van der Waals surface area contributed by atoms with Crippen LogP contribution in [0, 0.1) is 0 Å². The molecule has 98 valence electrons. The maximum Gasteiger partial charge on any atom is 0.134 e. The monoisotopic (exact) mass is 263 g/mol. The first-order valence-electron chi connectivity index (χ1n) is 6.56. The van der Waals surface area contributed by atoms with Gasteiger partial charge in [-0.2, -0.15) is 0 Å². The van der Waals surface area contributed by atoms with Crippen LogP contribution in [0.1, 0.15) is 11.1 Å². The molecule has 20 heavy (non-hydrogen) atoms. The molecule has 2 aromatic carbocycles. The number of benzene rings is 2. The Bertz CT molecular complexity index is 830. The van der Waals surface area contributed by atoms with E-state index in [9.17, 15) is 5.11 Å². The van der Waals surface area contributed by atoms with E-state index >= 15 is 0 Å². The Morgan fingerprint density at radius 1 is 1.15 bits per heavy atom. The van der Waals surface area contributed by atoms with Crippen LogP contribution in [0.25, 0.3) is 17.0 Å². The molecule has 0 bridgehead atoms. The molecule has 0 radical (unpaired) electrons. The number of phenolic OH excluding ortho intramolecular Hbond substituents is 1. The molecule has 4 rings (SSSR count). The number of nitrogens with one attached hydrogen (secondary N) is 1. The normalized spacial score (nSPS) is 15.5. The van der Waals surface area contributed by atoms with Gasteiger partial charge in [-0.3, -0.25) is 0 Å². The van der Waals surface area contributed by atoms with E-state index in [1.54, 1.807) is 12.1 Å². The van der Waals surface area contributed by atoms with Gasteiger partial charge in [-0.15, -0.1) is 0 Å². The van der Waals surface area contributed by atoms with Gasteiger partial charge in [-0.1, -0.05) is 24.3 Å². The Balaban J connectivity index is 1.73. The van der Waals surface area contributed by atoms with E-state index in [1.165, 1.54) is 5.39 Å². The Morgan fingerprint density at radius 3 is 3.00 bits per heavy atom. The number of aromatic amines is 1. The summed E-state index contributed by atoms with van der Waals surface area (Å²) < 4.78 is 5.80. The Kier molecular flexibility index (Phi) is 2.33. The van der Waals surface area contributed by atoms with Crippen molar-refractivity contribution >= 4 is 17.0 Å². The first kappa shape index (κ1) is 11.2. The number of fused-ring (bicyclic) bond motifs is 2. The quantitative estimate of drug-likeness (QED) is 0.700. The van der Waals surface area contributed by atoms with Crippen LogP contribution < -0.4 is 4.74 Å². The second-order valence-electron chi connectivity index (χ2n) is 4.97. The van der Waals surface area contributed by atoms with Gasteiger partial charge in [-0.25, -0.2) is 0 Å². The van der Waals surface area contributed by atoms with Gasteiger partial charge in [0.05, 0.1) is 0 Å². The zero-order valence-electron chi connectivity index (χ0n) is 10.8. The van der Waals surface area contributed by atoms with E-state index in [2.05, 4.69) is 23.2 Å². The Morgan fingerprint density at radius 2 is 2.05 bits per heavy atom. The number of hydrogen-bond donors (Lipinski definition) is 2. The van der Waals surface area contributed by atoms with Gasteiger partial charge >= 0.3 is 0 Å². The molecule has 1 aromatic heterocycles. The Labute approximate surface area is 116 Å². The molecule has 0 saturated carbocycles. The van der Waals surface area contributed by atoms with Crippen molar-refractivity contribution in [3.8, 4) is 11.5 Å². The van der Waals surface area contributed by atoms with Gasteiger partial charge in [0, 0.05) is 40.7 Å². The fraction of sp³-hybridized carbons (Fsp3) is 0.0588. The summed E-state index contributed by atoms with van der Waals surface area (Å²) in [7, 11) is 0. The second-order valence-corrected chi connectivity index (χ2v) is 4.97. The SMILES string of the molecule is Oc1ccc2c(c1)O/C(=C\c1c[nH]c3ccccc13)C2. The van der Waals surface area contributed by atoms with Crippen LogP contribution in [0.2, 0.25) is 0 Å². The van der Waals surface area contributed by atoms with Crippen molar-refractivity contribution in [3.05, 3.63) is 65.5 Å². The number of aromatic hydroxyl groups is 1. The standard InChI is InChI=1S/C17H13NO2/c19-13-6-5-11-7-14(20-17(11)9-13)8-12-10-18-16-4-2-1-3-15(12)16/h1-6,8-10,18-19H,7H2/b14-8-. The van der Waals surface area contributed by atoms with Crippen molar-refractivity contribution in [1.29, 1.82) is 0 Å². The summed E-state index contributed by atoms with van der Waals surface area (Å²) in [6.45, 7) is 0. The van der Waals surface area contributed by atoms with Crippen molar-refractivity contribution in [1.82, 2.24) is 4.98 Å². The predicted molar refractivity (Wildman–Crippen MR) is 78.7 cm³/mol. The summed E-state index contributed by atoms with van der Waals surface area (Å²) in [4.78, 5) is 3.25. The average Bonchev–Trinajstić information content (AvgIpc) is 3.03. The highest BCUT2D eigenvalue weighted by Crippen LogP contribution is 2.34. The van der Waals surface area contributed by atoms with Crippen LogP contribution >= 0.6 is 0 Å². The smallest absolute Gasteiger partial charge is 0.134 e. The first-order valence-corrected chi connectivity index (χ1v) is 6.56. The summed E-state index contributed by atoms with van der Waals surface area (Å²) in [5.74, 6) is 1.88. The van der Waals surface area contributed by atoms with Crippen LogP contribution in [0.3, 0.4) is 0 Å². The van der Waals surface area contributed by atoms with Gasteiger partial charge in [0.1, 0.15) is 17.3 Å². The number of ether oxygens (including phenoxy) is 1. The summed E-state index contributed by atoms with van der Waals surface area (Å²) >= 11 is 0. The molecule has 0 saturated heterocycles. The molecule has 0 fully saturated rings. The molecule has 0 unspecified atom stereocenters. The third-order valence-corrected chi connectivity index (χ3v) is 3.59. The number of hydrogen-bond acceptors (Lipinski definition) is 2. The number of aromatic nitrogens is 1. The maximum absolute atomic E-state index is 9.48. The minimum atomic E-state index is 0.233. The predicted octanol–water partition coefficient (Wildman–Crippen LogP) is 3.85.